The normalized spacial score (nSPS) is 10.3. The number of hydrogen-bond acceptors (Lipinski definition) is 2. The van der Waals surface area contributed by atoms with Crippen molar-refractivity contribution in [3.05, 3.63) is 84.4 Å². The van der Waals surface area contributed by atoms with Gasteiger partial charge in [-0.25, -0.2) is 0 Å². The van der Waals surface area contributed by atoms with Crippen LogP contribution in [0.15, 0.2) is 78.9 Å². The van der Waals surface area contributed by atoms with E-state index in [0.29, 0.717) is 12.3 Å². The van der Waals surface area contributed by atoms with Crippen LogP contribution in [0.1, 0.15) is 5.56 Å². The molecule has 0 atom stereocenters. The SMILES string of the molecule is Oc1ccccc1CNc1ccc(-c2ccccc2)cc1. The van der Waals surface area contributed by atoms with E-state index in [1.807, 2.05) is 36.4 Å². The number of benzene rings is 3. The largest absolute Gasteiger partial charge is 0.508 e. The molecule has 3 aromatic carbocycles. The molecule has 0 saturated carbocycles. The molecule has 21 heavy (non-hydrogen) atoms. The summed E-state index contributed by atoms with van der Waals surface area (Å²) in [6, 6.07) is 26.0. The standard InChI is InChI=1S/C19H17NO/c21-19-9-5-4-8-17(19)14-20-18-12-10-16(11-13-18)15-6-2-1-3-7-15/h1-13,20-21H,14H2. The van der Waals surface area contributed by atoms with Gasteiger partial charge in [-0.1, -0.05) is 60.7 Å². The van der Waals surface area contributed by atoms with Gasteiger partial charge in [0.2, 0.25) is 0 Å². The Morgan fingerprint density at radius 2 is 1.29 bits per heavy atom. The molecule has 0 aliphatic carbocycles. The van der Waals surface area contributed by atoms with Gasteiger partial charge in [0, 0.05) is 17.8 Å². The minimum atomic E-state index is 0.325. The van der Waals surface area contributed by atoms with Crippen LogP contribution >= 0.6 is 0 Å². The maximum atomic E-state index is 9.74. The zero-order valence-corrected chi connectivity index (χ0v) is 11.7. The Morgan fingerprint density at radius 1 is 0.667 bits per heavy atom. The zero-order valence-electron chi connectivity index (χ0n) is 11.7. The lowest BCUT2D eigenvalue weighted by molar-refractivity contribution is 0.469. The fourth-order valence-corrected chi connectivity index (χ4v) is 2.27. The average molecular weight is 275 g/mol. The molecule has 3 aromatic rings. The predicted molar refractivity (Wildman–Crippen MR) is 87.3 cm³/mol. The van der Waals surface area contributed by atoms with Crippen molar-refractivity contribution in [2.75, 3.05) is 5.32 Å². The summed E-state index contributed by atoms with van der Waals surface area (Å²) in [4.78, 5) is 0. The first-order chi connectivity index (χ1) is 10.3. The fraction of sp³-hybridized carbons (Fsp3) is 0.0526. The number of nitrogens with one attached hydrogen (secondary N) is 1. The molecule has 3 rings (SSSR count). The van der Waals surface area contributed by atoms with E-state index in [9.17, 15) is 5.11 Å². The van der Waals surface area contributed by atoms with Crippen molar-refractivity contribution in [2.45, 2.75) is 6.54 Å². The fourth-order valence-electron chi connectivity index (χ4n) is 2.27. The number of phenolic OH excluding ortho intramolecular Hbond substituents is 1. The van der Waals surface area contributed by atoms with Gasteiger partial charge < -0.3 is 10.4 Å². The van der Waals surface area contributed by atoms with Gasteiger partial charge in [0.05, 0.1) is 0 Å². The van der Waals surface area contributed by atoms with Gasteiger partial charge in [-0.05, 0) is 29.3 Å². The van der Waals surface area contributed by atoms with Crippen molar-refractivity contribution in [1.29, 1.82) is 0 Å². The van der Waals surface area contributed by atoms with E-state index in [-0.39, 0.29) is 0 Å². The summed E-state index contributed by atoms with van der Waals surface area (Å²) >= 11 is 0. The van der Waals surface area contributed by atoms with Gasteiger partial charge in [0.1, 0.15) is 5.75 Å². The highest BCUT2D eigenvalue weighted by molar-refractivity contribution is 5.65. The number of phenols is 1. The van der Waals surface area contributed by atoms with Crippen LogP contribution in [-0.2, 0) is 6.54 Å². The first kappa shape index (κ1) is 13.3. The molecular weight excluding hydrogens is 258 g/mol. The molecule has 0 fully saturated rings. The first-order valence-corrected chi connectivity index (χ1v) is 6.99. The Hall–Kier alpha value is -2.74. The monoisotopic (exact) mass is 275 g/mol. The lowest BCUT2D eigenvalue weighted by Gasteiger charge is -2.09. The molecule has 104 valence electrons. The van der Waals surface area contributed by atoms with E-state index in [4.69, 9.17) is 0 Å². The molecule has 0 bridgehead atoms. The molecule has 2 heteroatoms. The molecule has 0 amide bonds. The Kier molecular flexibility index (Phi) is 3.88. The van der Waals surface area contributed by atoms with Gasteiger partial charge in [-0.3, -0.25) is 0 Å². The van der Waals surface area contributed by atoms with Gasteiger partial charge in [0.15, 0.2) is 0 Å². The summed E-state index contributed by atoms with van der Waals surface area (Å²) in [6.45, 7) is 0.608. The predicted octanol–water partition coefficient (Wildman–Crippen LogP) is 4.67. The number of para-hydroxylation sites is 1. The molecule has 0 aliphatic heterocycles. The highest BCUT2D eigenvalue weighted by atomic mass is 16.3. The van der Waals surface area contributed by atoms with E-state index in [0.717, 1.165) is 11.3 Å². The summed E-state index contributed by atoms with van der Waals surface area (Å²) in [5.74, 6) is 0.325. The van der Waals surface area contributed by atoms with Gasteiger partial charge in [-0.15, -0.1) is 0 Å². The van der Waals surface area contributed by atoms with E-state index >= 15 is 0 Å². The van der Waals surface area contributed by atoms with Crippen molar-refractivity contribution in [1.82, 2.24) is 0 Å². The van der Waals surface area contributed by atoms with Crippen molar-refractivity contribution >= 4 is 5.69 Å². The van der Waals surface area contributed by atoms with Crippen LogP contribution in [-0.4, -0.2) is 5.11 Å². The van der Waals surface area contributed by atoms with Crippen molar-refractivity contribution < 1.29 is 5.11 Å². The highest BCUT2D eigenvalue weighted by Gasteiger charge is 2.00. The maximum absolute atomic E-state index is 9.74. The Labute approximate surface area is 124 Å². The van der Waals surface area contributed by atoms with E-state index in [1.54, 1.807) is 6.07 Å². The lowest BCUT2D eigenvalue weighted by atomic mass is 10.1. The van der Waals surface area contributed by atoms with Crippen LogP contribution in [0.25, 0.3) is 11.1 Å². The Balaban J connectivity index is 1.69. The number of aromatic hydroxyl groups is 1. The van der Waals surface area contributed by atoms with Gasteiger partial charge >= 0.3 is 0 Å². The quantitative estimate of drug-likeness (QED) is 0.725. The minimum Gasteiger partial charge on any atom is -0.508 e. The Morgan fingerprint density at radius 3 is 2.00 bits per heavy atom. The van der Waals surface area contributed by atoms with Crippen LogP contribution < -0.4 is 5.32 Å². The summed E-state index contributed by atoms with van der Waals surface area (Å²) < 4.78 is 0. The van der Waals surface area contributed by atoms with Crippen LogP contribution in [0.5, 0.6) is 5.75 Å². The van der Waals surface area contributed by atoms with Crippen molar-refractivity contribution in [3.8, 4) is 16.9 Å². The van der Waals surface area contributed by atoms with Crippen LogP contribution in [0.4, 0.5) is 5.69 Å². The smallest absolute Gasteiger partial charge is 0.120 e. The average Bonchev–Trinajstić information content (AvgIpc) is 2.55. The molecule has 0 aromatic heterocycles. The Bertz CT molecular complexity index is 705. The summed E-state index contributed by atoms with van der Waals surface area (Å²) in [5.41, 5.74) is 4.34. The lowest BCUT2D eigenvalue weighted by Crippen LogP contribution is -1.99. The molecule has 2 nitrogen and oxygen atoms in total. The molecular formula is C19H17NO. The third-order valence-electron chi connectivity index (χ3n) is 3.47. The number of hydrogen-bond donors (Lipinski definition) is 2. The van der Waals surface area contributed by atoms with Gasteiger partial charge in [0.25, 0.3) is 0 Å². The second-order valence-electron chi connectivity index (χ2n) is 4.93. The summed E-state index contributed by atoms with van der Waals surface area (Å²) in [6.07, 6.45) is 0. The second-order valence-corrected chi connectivity index (χ2v) is 4.93. The summed E-state index contributed by atoms with van der Waals surface area (Å²) in [5, 5.41) is 13.1. The highest BCUT2D eigenvalue weighted by Crippen LogP contribution is 2.22. The molecule has 0 aliphatic rings. The van der Waals surface area contributed by atoms with E-state index < -0.39 is 0 Å². The number of rotatable bonds is 4. The third kappa shape index (κ3) is 3.23. The third-order valence-corrected chi connectivity index (χ3v) is 3.47. The molecule has 0 radical (unpaired) electrons. The number of anilines is 1. The van der Waals surface area contributed by atoms with Crippen LogP contribution in [0.2, 0.25) is 0 Å². The van der Waals surface area contributed by atoms with Gasteiger partial charge in [-0.2, -0.15) is 0 Å². The van der Waals surface area contributed by atoms with Crippen LogP contribution in [0, 0.1) is 0 Å². The molecule has 0 heterocycles. The molecule has 0 unspecified atom stereocenters. The van der Waals surface area contributed by atoms with E-state index in [2.05, 4.69) is 41.7 Å². The van der Waals surface area contributed by atoms with Crippen LogP contribution in [0.3, 0.4) is 0 Å². The van der Waals surface area contributed by atoms with E-state index in [1.165, 1.54) is 11.1 Å². The maximum Gasteiger partial charge on any atom is 0.120 e. The van der Waals surface area contributed by atoms with Crippen molar-refractivity contribution in [3.63, 3.8) is 0 Å². The molecule has 0 saturated heterocycles. The summed E-state index contributed by atoms with van der Waals surface area (Å²) in [7, 11) is 0. The molecule has 0 spiro atoms. The second kappa shape index (κ2) is 6.14. The minimum absolute atomic E-state index is 0.325. The van der Waals surface area contributed by atoms with Crippen molar-refractivity contribution in [2.24, 2.45) is 0 Å². The first-order valence-electron chi connectivity index (χ1n) is 6.99. The molecule has 2 N–H and O–H groups in total. The zero-order chi connectivity index (χ0) is 14.5. The topological polar surface area (TPSA) is 32.3 Å².